The lowest BCUT2D eigenvalue weighted by Crippen LogP contribution is -2.47. The van der Waals surface area contributed by atoms with Gasteiger partial charge in [0.25, 0.3) is 0 Å². The molecular formula is C38H78N2. The van der Waals surface area contributed by atoms with E-state index >= 15 is 0 Å². The van der Waals surface area contributed by atoms with Gasteiger partial charge in [-0.25, -0.2) is 0 Å². The van der Waals surface area contributed by atoms with Gasteiger partial charge in [-0.15, -0.1) is 0 Å². The summed E-state index contributed by atoms with van der Waals surface area (Å²) in [5, 5.41) is 0. The molecule has 2 nitrogen and oxygen atoms in total. The average molecular weight is 563 g/mol. The average Bonchev–Trinajstić information content (AvgIpc) is 2.97. The highest BCUT2D eigenvalue weighted by Gasteiger charge is 2.19. The van der Waals surface area contributed by atoms with Gasteiger partial charge < -0.3 is 9.80 Å². The molecule has 0 aromatic carbocycles. The largest absolute Gasteiger partial charge is 0.301 e. The Labute approximate surface area is 255 Å². The minimum absolute atomic E-state index is 0.954. The van der Waals surface area contributed by atoms with E-state index in [1.165, 1.54) is 219 Å². The van der Waals surface area contributed by atoms with Crippen molar-refractivity contribution in [2.24, 2.45) is 5.92 Å². The normalized spacial score (nSPS) is 15.7. The number of unbranched alkanes of at least 4 members (excludes halogenated alkanes) is 23. The molecule has 0 bridgehead atoms. The lowest BCUT2D eigenvalue weighted by molar-refractivity contribution is 0.111. The van der Waals surface area contributed by atoms with Gasteiger partial charge in [0.05, 0.1) is 0 Å². The molecule has 1 rings (SSSR count). The molecule has 1 aliphatic rings. The SMILES string of the molecule is CCCCCCCCCCCCCCCCCCN1CCN(CC(CCCCCC)CCCCCCCC)CC1. The maximum Gasteiger partial charge on any atom is 0.0110 e. The zero-order valence-corrected chi connectivity index (χ0v) is 28.5. The fourth-order valence-corrected chi connectivity index (χ4v) is 6.84. The van der Waals surface area contributed by atoms with Crippen LogP contribution in [0.1, 0.15) is 201 Å². The molecule has 2 heteroatoms. The van der Waals surface area contributed by atoms with Crippen molar-refractivity contribution in [3.63, 3.8) is 0 Å². The highest BCUT2D eigenvalue weighted by Crippen LogP contribution is 2.21. The van der Waals surface area contributed by atoms with Gasteiger partial charge in [-0.1, -0.05) is 181 Å². The van der Waals surface area contributed by atoms with Crippen molar-refractivity contribution in [3.8, 4) is 0 Å². The summed E-state index contributed by atoms with van der Waals surface area (Å²) in [6.45, 7) is 15.0. The Balaban J connectivity index is 1.99. The predicted molar refractivity (Wildman–Crippen MR) is 183 cm³/mol. The van der Waals surface area contributed by atoms with Crippen molar-refractivity contribution in [1.29, 1.82) is 0 Å². The van der Waals surface area contributed by atoms with Crippen LogP contribution >= 0.6 is 0 Å². The van der Waals surface area contributed by atoms with Gasteiger partial charge in [0.2, 0.25) is 0 Å². The smallest absolute Gasteiger partial charge is 0.0110 e. The topological polar surface area (TPSA) is 6.48 Å². The fourth-order valence-electron chi connectivity index (χ4n) is 6.84. The van der Waals surface area contributed by atoms with Crippen molar-refractivity contribution in [1.82, 2.24) is 9.80 Å². The highest BCUT2D eigenvalue weighted by atomic mass is 15.3. The van der Waals surface area contributed by atoms with Crippen LogP contribution in [0, 0.1) is 5.92 Å². The van der Waals surface area contributed by atoms with Crippen LogP contribution in [0.4, 0.5) is 0 Å². The van der Waals surface area contributed by atoms with Gasteiger partial charge >= 0.3 is 0 Å². The van der Waals surface area contributed by atoms with Crippen LogP contribution in [0.15, 0.2) is 0 Å². The molecule has 1 aliphatic heterocycles. The van der Waals surface area contributed by atoms with E-state index in [1.807, 2.05) is 0 Å². The zero-order chi connectivity index (χ0) is 28.8. The van der Waals surface area contributed by atoms with Crippen LogP contribution in [0.25, 0.3) is 0 Å². The van der Waals surface area contributed by atoms with E-state index in [9.17, 15) is 0 Å². The van der Waals surface area contributed by atoms with Crippen LogP contribution in [-0.4, -0.2) is 49.1 Å². The molecule has 0 radical (unpaired) electrons. The summed E-state index contributed by atoms with van der Waals surface area (Å²) >= 11 is 0. The predicted octanol–water partition coefficient (Wildman–Crippen LogP) is 12.2. The molecule has 0 aliphatic carbocycles. The summed E-state index contributed by atoms with van der Waals surface area (Å²) in [5.41, 5.74) is 0. The molecule has 1 fully saturated rings. The van der Waals surface area contributed by atoms with E-state index in [0.29, 0.717) is 0 Å². The monoisotopic (exact) mass is 563 g/mol. The first-order valence-corrected chi connectivity index (χ1v) is 19.2. The Morgan fingerprint density at radius 2 is 0.650 bits per heavy atom. The fraction of sp³-hybridized carbons (Fsp3) is 1.00. The molecule has 0 saturated carbocycles. The van der Waals surface area contributed by atoms with Gasteiger partial charge in [0.1, 0.15) is 0 Å². The van der Waals surface area contributed by atoms with Gasteiger partial charge in [0.15, 0.2) is 0 Å². The first-order chi connectivity index (χ1) is 19.8. The second kappa shape index (κ2) is 30.4. The summed E-state index contributed by atoms with van der Waals surface area (Å²) in [7, 11) is 0. The van der Waals surface area contributed by atoms with Gasteiger partial charge in [-0.05, 0) is 31.7 Å². The van der Waals surface area contributed by atoms with Crippen molar-refractivity contribution in [2.75, 3.05) is 39.3 Å². The number of nitrogens with zero attached hydrogens (tertiary/aromatic N) is 2. The molecule has 0 aromatic heterocycles. The molecule has 1 atom stereocenters. The molecule has 0 amide bonds. The van der Waals surface area contributed by atoms with Crippen molar-refractivity contribution >= 4 is 0 Å². The summed E-state index contributed by atoms with van der Waals surface area (Å²) in [6.07, 6.45) is 40.8. The van der Waals surface area contributed by atoms with Crippen molar-refractivity contribution < 1.29 is 0 Å². The number of hydrogen-bond acceptors (Lipinski definition) is 2. The third-order valence-electron chi connectivity index (χ3n) is 9.74. The van der Waals surface area contributed by atoms with Gasteiger partial charge in [-0.3, -0.25) is 0 Å². The second-order valence-corrected chi connectivity index (χ2v) is 13.7. The first-order valence-electron chi connectivity index (χ1n) is 19.2. The third-order valence-corrected chi connectivity index (χ3v) is 9.74. The Kier molecular flexibility index (Phi) is 28.8. The second-order valence-electron chi connectivity index (χ2n) is 13.7. The molecular weight excluding hydrogens is 484 g/mol. The molecule has 240 valence electrons. The summed E-state index contributed by atoms with van der Waals surface area (Å²) in [6, 6.07) is 0. The van der Waals surface area contributed by atoms with E-state index in [2.05, 4.69) is 30.6 Å². The number of hydrogen-bond donors (Lipinski definition) is 0. The maximum atomic E-state index is 2.83. The Bertz CT molecular complexity index is 470. The van der Waals surface area contributed by atoms with Crippen LogP contribution in [-0.2, 0) is 0 Å². The molecule has 1 heterocycles. The summed E-state index contributed by atoms with van der Waals surface area (Å²) < 4.78 is 0. The van der Waals surface area contributed by atoms with E-state index < -0.39 is 0 Å². The maximum absolute atomic E-state index is 2.83. The van der Waals surface area contributed by atoms with E-state index in [-0.39, 0.29) is 0 Å². The zero-order valence-electron chi connectivity index (χ0n) is 28.5. The van der Waals surface area contributed by atoms with Gasteiger partial charge in [0, 0.05) is 32.7 Å². The van der Waals surface area contributed by atoms with Crippen LogP contribution in [0.5, 0.6) is 0 Å². The van der Waals surface area contributed by atoms with Crippen LogP contribution < -0.4 is 0 Å². The van der Waals surface area contributed by atoms with E-state index in [0.717, 1.165) is 5.92 Å². The summed E-state index contributed by atoms with van der Waals surface area (Å²) in [5.74, 6) is 0.954. The molecule has 0 N–H and O–H groups in total. The van der Waals surface area contributed by atoms with Gasteiger partial charge in [-0.2, -0.15) is 0 Å². The highest BCUT2D eigenvalue weighted by molar-refractivity contribution is 4.75. The minimum Gasteiger partial charge on any atom is -0.301 e. The van der Waals surface area contributed by atoms with Crippen molar-refractivity contribution in [2.45, 2.75) is 201 Å². The Morgan fingerprint density at radius 1 is 0.350 bits per heavy atom. The van der Waals surface area contributed by atoms with Crippen LogP contribution in [0.2, 0.25) is 0 Å². The third kappa shape index (κ3) is 24.5. The van der Waals surface area contributed by atoms with Crippen molar-refractivity contribution in [3.05, 3.63) is 0 Å². The van der Waals surface area contributed by atoms with E-state index in [1.54, 1.807) is 0 Å². The number of piperazine rings is 1. The molecule has 1 saturated heterocycles. The molecule has 0 spiro atoms. The van der Waals surface area contributed by atoms with Crippen LogP contribution in [0.3, 0.4) is 0 Å². The summed E-state index contributed by atoms with van der Waals surface area (Å²) in [4.78, 5) is 5.59. The molecule has 0 aromatic rings. The first kappa shape index (κ1) is 37.9. The quantitative estimate of drug-likeness (QED) is 0.0775. The standard InChI is InChI=1S/C38H78N2/c1-4-7-10-13-15-16-17-18-19-20-21-22-23-24-26-29-32-39-33-35-40(36-34-39)37-38(30-27-12-9-6-3)31-28-25-14-11-8-5-2/h38H,4-37H2,1-3H3. The van der Waals surface area contributed by atoms with E-state index in [4.69, 9.17) is 0 Å². The minimum atomic E-state index is 0.954. The lowest BCUT2D eigenvalue weighted by Gasteiger charge is -2.36. The lowest BCUT2D eigenvalue weighted by atomic mass is 9.93. The molecule has 1 unspecified atom stereocenters. The number of rotatable bonds is 31. The molecule has 40 heavy (non-hydrogen) atoms. The Hall–Kier alpha value is -0.0800. The Morgan fingerprint density at radius 3 is 1.05 bits per heavy atom.